The van der Waals surface area contributed by atoms with E-state index in [1.165, 1.54) is 23.3 Å². The third-order valence-corrected chi connectivity index (χ3v) is 5.34. The molecule has 4 nitrogen and oxygen atoms in total. The van der Waals surface area contributed by atoms with Crippen LogP contribution in [-0.4, -0.2) is 4.98 Å². The van der Waals surface area contributed by atoms with Gasteiger partial charge in [-0.2, -0.15) is 5.26 Å². The summed E-state index contributed by atoms with van der Waals surface area (Å²) < 4.78 is 9.57. The standard InChI is InChI=1S/C17H11Cl2N3OS2.C2H6/c1-10-6-12(18)2-4-14(10)23-15-5-3-13(7-11(15)8-20)25-22-17-21-9-16(19)24-17;1-2/h2-7,9H,1H3,(H,21,22);1-2H3. The van der Waals surface area contributed by atoms with Gasteiger partial charge in [0.15, 0.2) is 5.13 Å². The van der Waals surface area contributed by atoms with E-state index in [1.54, 1.807) is 30.5 Å². The second-order valence-electron chi connectivity index (χ2n) is 4.96. The highest BCUT2D eigenvalue weighted by atomic mass is 35.5. The second kappa shape index (κ2) is 10.4. The number of rotatable bonds is 5. The summed E-state index contributed by atoms with van der Waals surface area (Å²) in [5.74, 6) is 1.16. The third-order valence-electron chi connectivity index (χ3n) is 3.16. The van der Waals surface area contributed by atoms with Crippen molar-refractivity contribution in [3.05, 3.63) is 63.1 Å². The first-order valence-corrected chi connectivity index (χ1v) is 10.5. The topological polar surface area (TPSA) is 57.9 Å². The van der Waals surface area contributed by atoms with E-state index in [1.807, 2.05) is 32.9 Å². The van der Waals surface area contributed by atoms with Crippen molar-refractivity contribution >= 4 is 51.6 Å². The lowest BCUT2D eigenvalue weighted by molar-refractivity contribution is 0.477. The molecule has 1 aromatic heterocycles. The molecule has 1 N–H and O–H groups in total. The number of nitriles is 1. The number of nitrogens with one attached hydrogen (secondary N) is 1. The molecule has 0 unspecified atom stereocenters. The molecule has 0 atom stereocenters. The Labute approximate surface area is 177 Å². The molecule has 0 spiro atoms. The van der Waals surface area contributed by atoms with Crippen molar-refractivity contribution in [2.24, 2.45) is 0 Å². The fourth-order valence-electron chi connectivity index (χ4n) is 2.00. The van der Waals surface area contributed by atoms with E-state index in [0.717, 1.165) is 10.5 Å². The van der Waals surface area contributed by atoms with Crippen LogP contribution in [0.25, 0.3) is 0 Å². The minimum atomic E-state index is 0.443. The Balaban J connectivity index is 0.00000126. The molecule has 140 valence electrons. The number of anilines is 1. The number of nitrogens with zero attached hydrogens (tertiary/aromatic N) is 2. The number of benzene rings is 2. The van der Waals surface area contributed by atoms with E-state index < -0.39 is 0 Å². The highest BCUT2D eigenvalue weighted by Gasteiger charge is 2.09. The van der Waals surface area contributed by atoms with E-state index in [-0.39, 0.29) is 0 Å². The first-order valence-electron chi connectivity index (χ1n) is 8.07. The fourth-order valence-corrected chi connectivity index (χ4v) is 3.75. The molecule has 27 heavy (non-hydrogen) atoms. The number of aromatic nitrogens is 1. The van der Waals surface area contributed by atoms with Crippen LogP contribution in [0.2, 0.25) is 9.36 Å². The Hall–Kier alpha value is -1.91. The first-order chi connectivity index (χ1) is 13.0. The minimum absolute atomic E-state index is 0.443. The molecular formula is C19H17Cl2N3OS2. The molecule has 0 radical (unpaired) electrons. The highest BCUT2D eigenvalue weighted by Crippen LogP contribution is 2.33. The third kappa shape index (κ3) is 6.05. The zero-order valence-electron chi connectivity index (χ0n) is 14.9. The number of thiazole rings is 1. The molecule has 0 amide bonds. The molecule has 1 heterocycles. The van der Waals surface area contributed by atoms with Gasteiger partial charge in [-0.3, -0.25) is 0 Å². The molecule has 0 aliphatic heterocycles. The smallest absolute Gasteiger partial charge is 0.194 e. The van der Waals surface area contributed by atoms with Gasteiger partial charge in [0.1, 0.15) is 21.9 Å². The molecular weight excluding hydrogens is 421 g/mol. The van der Waals surface area contributed by atoms with Crippen LogP contribution in [0.4, 0.5) is 5.13 Å². The normalized spacial score (nSPS) is 9.78. The molecule has 0 saturated heterocycles. The number of ether oxygens (including phenoxy) is 1. The zero-order chi connectivity index (χ0) is 19.8. The van der Waals surface area contributed by atoms with Crippen LogP contribution in [0.1, 0.15) is 25.0 Å². The lowest BCUT2D eigenvalue weighted by Crippen LogP contribution is -1.92. The van der Waals surface area contributed by atoms with Gasteiger partial charge in [0.2, 0.25) is 0 Å². The summed E-state index contributed by atoms with van der Waals surface area (Å²) >= 11 is 14.5. The Kier molecular flexibility index (Phi) is 8.26. The molecule has 0 bridgehead atoms. The number of hydrogen-bond acceptors (Lipinski definition) is 6. The van der Waals surface area contributed by atoms with Crippen molar-refractivity contribution in [1.29, 1.82) is 5.26 Å². The maximum Gasteiger partial charge on any atom is 0.194 e. The van der Waals surface area contributed by atoms with Crippen molar-refractivity contribution in [2.45, 2.75) is 25.7 Å². The Morgan fingerprint density at radius 3 is 2.52 bits per heavy atom. The van der Waals surface area contributed by atoms with Crippen LogP contribution in [0.5, 0.6) is 11.5 Å². The van der Waals surface area contributed by atoms with E-state index in [0.29, 0.717) is 31.6 Å². The van der Waals surface area contributed by atoms with E-state index in [4.69, 9.17) is 27.9 Å². The Bertz CT molecular complexity index is 954. The molecule has 0 aliphatic rings. The van der Waals surface area contributed by atoms with Crippen molar-refractivity contribution in [3.8, 4) is 17.6 Å². The average Bonchev–Trinajstić information content (AvgIpc) is 3.10. The average molecular weight is 438 g/mol. The summed E-state index contributed by atoms with van der Waals surface area (Å²) in [5, 5.41) is 10.8. The SMILES string of the molecule is CC.Cc1cc(Cl)ccc1Oc1ccc(SNc2ncc(Cl)s2)cc1C#N. The Morgan fingerprint density at radius 1 is 1.15 bits per heavy atom. The number of halogens is 2. The van der Waals surface area contributed by atoms with Crippen LogP contribution in [0.15, 0.2) is 47.5 Å². The van der Waals surface area contributed by atoms with E-state index >= 15 is 0 Å². The lowest BCUT2D eigenvalue weighted by atomic mass is 10.2. The van der Waals surface area contributed by atoms with Gasteiger partial charge in [-0.15, -0.1) is 0 Å². The van der Waals surface area contributed by atoms with Crippen molar-refractivity contribution in [3.63, 3.8) is 0 Å². The minimum Gasteiger partial charge on any atom is -0.456 e. The van der Waals surface area contributed by atoms with Gasteiger partial charge >= 0.3 is 0 Å². The monoisotopic (exact) mass is 437 g/mol. The van der Waals surface area contributed by atoms with Gasteiger partial charge < -0.3 is 9.46 Å². The lowest BCUT2D eigenvalue weighted by Gasteiger charge is -2.11. The van der Waals surface area contributed by atoms with Crippen LogP contribution >= 0.6 is 46.5 Å². The molecule has 0 saturated carbocycles. The first kappa shape index (κ1) is 21.4. The van der Waals surface area contributed by atoms with E-state index in [9.17, 15) is 5.26 Å². The van der Waals surface area contributed by atoms with Crippen LogP contribution < -0.4 is 9.46 Å². The summed E-state index contributed by atoms with van der Waals surface area (Å²) in [5.41, 5.74) is 1.34. The van der Waals surface area contributed by atoms with Crippen molar-refractivity contribution < 1.29 is 4.74 Å². The van der Waals surface area contributed by atoms with Gasteiger partial charge in [-0.05, 0) is 60.8 Å². The predicted molar refractivity (Wildman–Crippen MR) is 115 cm³/mol. The van der Waals surface area contributed by atoms with Crippen LogP contribution in [0, 0.1) is 18.3 Å². The predicted octanol–water partition coefficient (Wildman–Crippen LogP) is 7.57. The zero-order valence-corrected chi connectivity index (χ0v) is 18.1. The molecule has 3 rings (SSSR count). The van der Waals surface area contributed by atoms with E-state index in [2.05, 4.69) is 15.8 Å². The summed E-state index contributed by atoms with van der Waals surface area (Å²) in [7, 11) is 0. The van der Waals surface area contributed by atoms with Crippen LogP contribution in [-0.2, 0) is 0 Å². The molecule has 2 aromatic carbocycles. The van der Waals surface area contributed by atoms with Gasteiger partial charge in [0.25, 0.3) is 0 Å². The van der Waals surface area contributed by atoms with Crippen molar-refractivity contribution in [2.75, 3.05) is 4.72 Å². The number of aryl methyl sites for hydroxylation is 1. The Morgan fingerprint density at radius 2 is 1.89 bits per heavy atom. The molecule has 8 heteroatoms. The molecule has 3 aromatic rings. The van der Waals surface area contributed by atoms with Gasteiger partial charge in [0.05, 0.1) is 11.8 Å². The van der Waals surface area contributed by atoms with Gasteiger partial charge in [-0.1, -0.05) is 48.4 Å². The maximum atomic E-state index is 9.41. The van der Waals surface area contributed by atoms with Gasteiger partial charge in [0, 0.05) is 9.92 Å². The van der Waals surface area contributed by atoms with Crippen molar-refractivity contribution in [1.82, 2.24) is 4.98 Å². The quantitative estimate of drug-likeness (QED) is 0.416. The second-order valence-corrected chi connectivity index (χ2v) is 7.93. The fraction of sp³-hybridized carbons (Fsp3) is 0.158. The largest absolute Gasteiger partial charge is 0.456 e. The number of hydrogen-bond donors (Lipinski definition) is 1. The summed E-state index contributed by atoms with van der Waals surface area (Å²) in [6.45, 7) is 5.90. The van der Waals surface area contributed by atoms with Crippen LogP contribution in [0.3, 0.4) is 0 Å². The van der Waals surface area contributed by atoms with Gasteiger partial charge in [-0.25, -0.2) is 4.98 Å². The maximum absolute atomic E-state index is 9.41. The summed E-state index contributed by atoms with van der Waals surface area (Å²) in [4.78, 5) is 4.98. The molecule has 0 fully saturated rings. The summed E-state index contributed by atoms with van der Waals surface area (Å²) in [6, 6.07) is 12.9. The highest BCUT2D eigenvalue weighted by molar-refractivity contribution is 8.00. The summed E-state index contributed by atoms with van der Waals surface area (Å²) in [6.07, 6.45) is 1.58. The molecule has 0 aliphatic carbocycles.